The van der Waals surface area contributed by atoms with Gasteiger partial charge in [-0.1, -0.05) is 36.7 Å². The van der Waals surface area contributed by atoms with Crippen molar-refractivity contribution >= 4 is 23.1 Å². The Bertz CT molecular complexity index is 654. The fourth-order valence-electron chi connectivity index (χ4n) is 2.87. The van der Waals surface area contributed by atoms with Gasteiger partial charge in [0.2, 0.25) is 0 Å². The molecule has 3 nitrogen and oxygen atoms in total. The molecule has 0 amide bonds. The Morgan fingerprint density at radius 1 is 1.24 bits per heavy atom. The summed E-state index contributed by atoms with van der Waals surface area (Å²) in [7, 11) is 0. The summed E-state index contributed by atoms with van der Waals surface area (Å²) in [6, 6.07) is 8.56. The van der Waals surface area contributed by atoms with Gasteiger partial charge in [-0.2, -0.15) is 0 Å². The first kappa shape index (κ1) is 14.3. The maximum atomic E-state index is 6.32. The van der Waals surface area contributed by atoms with E-state index in [1.54, 1.807) is 0 Å². The smallest absolute Gasteiger partial charge is 0.141 e. The van der Waals surface area contributed by atoms with E-state index in [1.165, 1.54) is 11.3 Å². The van der Waals surface area contributed by atoms with E-state index in [0.29, 0.717) is 5.15 Å². The minimum absolute atomic E-state index is 0.575. The molecule has 2 aromatic rings. The van der Waals surface area contributed by atoms with Gasteiger partial charge < -0.3 is 4.90 Å². The van der Waals surface area contributed by atoms with E-state index in [4.69, 9.17) is 16.6 Å². The Hall–Kier alpha value is -1.61. The monoisotopic (exact) mass is 301 g/mol. The van der Waals surface area contributed by atoms with Crippen LogP contribution in [0.5, 0.6) is 0 Å². The van der Waals surface area contributed by atoms with E-state index in [1.807, 2.05) is 6.92 Å². The zero-order valence-corrected chi connectivity index (χ0v) is 13.3. The van der Waals surface area contributed by atoms with Crippen molar-refractivity contribution in [2.75, 3.05) is 11.4 Å². The minimum Gasteiger partial charge on any atom is -0.326 e. The SMILES string of the molecule is CCCc1nc(Cl)c(C)c(N2CCCc3ccccc32)n1. The van der Waals surface area contributed by atoms with Crippen LogP contribution in [0.4, 0.5) is 11.5 Å². The van der Waals surface area contributed by atoms with E-state index >= 15 is 0 Å². The van der Waals surface area contributed by atoms with Crippen molar-refractivity contribution in [1.29, 1.82) is 0 Å². The van der Waals surface area contributed by atoms with Crippen molar-refractivity contribution < 1.29 is 0 Å². The van der Waals surface area contributed by atoms with Crippen molar-refractivity contribution in [1.82, 2.24) is 9.97 Å². The third-order valence-electron chi connectivity index (χ3n) is 3.95. The van der Waals surface area contributed by atoms with Gasteiger partial charge >= 0.3 is 0 Å². The van der Waals surface area contributed by atoms with Crippen LogP contribution in [-0.4, -0.2) is 16.5 Å². The molecule has 0 spiro atoms. The molecular formula is C17H20ClN3. The van der Waals surface area contributed by atoms with Gasteiger partial charge in [0.1, 0.15) is 16.8 Å². The molecular weight excluding hydrogens is 282 g/mol. The van der Waals surface area contributed by atoms with E-state index in [-0.39, 0.29) is 0 Å². The number of hydrogen-bond donors (Lipinski definition) is 0. The molecule has 2 heterocycles. The summed E-state index contributed by atoms with van der Waals surface area (Å²) in [5.41, 5.74) is 3.60. The molecule has 0 aliphatic carbocycles. The summed E-state index contributed by atoms with van der Waals surface area (Å²) < 4.78 is 0. The van der Waals surface area contributed by atoms with Gasteiger partial charge in [-0.25, -0.2) is 9.97 Å². The predicted molar refractivity (Wildman–Crippen MR) is 87.5 cm³/mol. The highest BCUT2D eigenvalue weighted by Gasteiger charge is 2.22. The van der Waals surface area contributed by atoms with E-state index in [2.05, 4.69) is 41.1 Å². The molecule has 1 aliphatic rings. The maximum Gasteiger partial charge on any atom is 0.141 e. The van der Waals surface area contributed by atoms with E-state index < -0.39 is 0 Å². The van der Waals surface area contributed by atoms with Crippen molar-refractivity contribution in [2.24, 2.45) is 0 Å². The summed E-state index contributed by atoms with van der Waals surface area (Å²) in [5.74, 6) is 1.80. The van der Waals surface area contributed by atoms with Gasteiger partial charge in [0.25, 0.3) is 0 Å². The third-order valence-corrected chi connectivity index (χ3v) is 4.31. The van der Waals surface area contributed by atoms with E-state index in [0.717, 1.165) is 49.4 Å². The first-order chi connectivity index (χ1) is 10.2. The molecule has 0 radical (unpaired) electrons. The van der Waals surface area contributed by atoms with Crippen LogP contribution in [0.25, 0.3) is 0 Å². The number of aromatic nitrogens is 2. The molecule has 0 unspecified atom stereocenters. The molecule has 0 N–H and O–H groups in total. The Kier molecular flexibility index (Phi) is 4.11. The normalized spacial score (nSPS) is 14.1. The standard InChI is InChI=1S/C17H20ClN3/c1-3-7-15-19-16(18)12(2)17(20-15)21-11-6-9-13-8-4-5-10-14(13)21/h4-5,8,10H,3,6-7,9,11H2,1-2H3. The molecule has 110 valence electrons. The summed E-state index contributed by atoms with van der Waals surface area (Å²) in [6.07, 6.45) is 4.16. The first-order valence-corrected chi connectivity index (χ1v) is 7.97. The second-order valence-electron chi connectivity index (χ2n) is 5.51. The fraction of sp³-hybridized carbons (Fsp3) is 0.412. The average Bonchev–Trinajstić information content (AvgIpc) is 2.50. The maximum absolute atomic E-state index is 6.32. The van der Waals surface area contributed by atoms with Crippen molar-refractivity contribution in [3.63, 3.8) is 0 Å². The lowest BCUT2D eigenvalue weighted by Gasteiger charge is -2.31. The number of hydrogen-bond acceptors (Lipinski definition) is 3. The third kappa shape index (κ3) is 2.75. The van der Waals surface area contributed by atoms with Gasteiger partial charge in [-0.3, -0.25) is 0 Å². The molecule has 0 fully saturated rings. The molecule has 21 heavy (non-hydrogen) atoms. The molecule has 0 saturated heterocycles. The summed E-state index contributed by atoms with van der Waals surface area (Å²) in [4.78, 5) is 11.5. The highest BCUT2D eigenvalue weighted by molar-refractivity contribution is 6.30. The van der Waals surface area contributed by atoms with Gasteiger partial charge in [0.15, 0.2) is 0 Å². The van der Waals surface area contributed by atoms with Crippen LogP contribution in [0.1, 0.15) is 36.7 Å². The topological polar surface area (TPSA) is 29.0 Å². The summed E-state index contributed by atoms with van der Waals surface area (Å²) in [5, 5.41) is 0.575. The number of anilines is 2. The number of nitrogens with zero attached hydrogens (tertiary/aromatic N) is 3. The Morgan fingerprint density at radius 3 is 2.86 bits per heavy atom. The molecule has 0 atom stereocenters. The zero-order chi connectivity index (χ0) is 14.8. The van der Waals surface area contributed by atoms with Gasteiger partial charge in [-0.05, 0) is 37.8 Å². The largest absolute Gasteiger partial charge is 0.326 e. The van der Waals surface area contributed by atoms with Crippen LogP contribution >= 0.6 is 11.6 Å². The molecule has 0 saturated carbocycles. The fourth-order valence-corrected chi connectivity index (χ4v) is 3.05. The Balaban J connectivity index is 2.09. The van der Waals surface area contributed by atoms with Crippen LogP contribution in [0.3, 0.4) is 0 Å². The molecule has 0 bridgehead atoms. The molecule has 3 rings (SSSR count). The quantitative estimate of drug-likeness (QED) is 0.783. The predicted octanol–water partition coefficient (Wildman–Crippen LogP) is 4.48. The Labute approximate surface area is 131 Å². The molecule has 4 heteroatoms. The lowest BCUT2D eigenvalue weighted by molar-refractivity contribution is 0.746. The second kappa shape index (κ2) is 6.02. The number of rotatable bonds is 3. The zero-order valence-electron chi connectivity index (χ0n) is 12.6. The summed E-state index contributed by atoms with van der Waals surface area (Å²) >= 11 is 6.32. The molecule has 1 aromatic heterocycles. The van der Waals surface area contributed by atoms with Crippen molar-refractivity contribution in [2.45, 2.75) is 39.5 Å². The van der Waals surface area contributed by atoms with Crippen molar-refractivity contribution in [3.05, 3.63) is 46.4 Å². The highest BCUT2D eigenvalue weighted by atomic mass is 35.5. The van der Waals surface area contributed by atoms with Gasteiger partial charge in [0, 0.05) is 24.2 Å². The number of benzene rings is 1. The second-order valence-corrected chi connectivity index (χ2v) is 5.87. The van der Waals surface area contributed by atoms with Gasteiger partial charge in [-0.15, -0.1) is 0 Å². The Morgan fingerprint density at radius 2 is 2.05 bits per heavy atom. The number of para-hydroxylation sites is 1. The van der Waals surface area contributed by atoms with Crippen LogP contribution in [0.15, 0.2) is 24.3 Å². The lowest BCUT2D eigenvalue weighted by atomic mass is 10.0. The minimum atomic E-state index is 0.575. The van der Waals surface area contributed by atoms with Gasteiger partial charge in [0.05, 0.1) is 0 Å². The lowest BCUT2D eigenvalue weighted by Crippen LogP contribution is -2.26. The van der Waals surface area contributed by atoms with Crippen LogP contribution < -0.4 is 4.90 Å². The highest BCUT2D eigenvalue weighted by Crippen LogP contribution is 2.35. The summed E-state index contributed by atoms with van der Waals surface area (Å²) in [6.45, 7) is 5.12. The number of aryl methyl sites for hydroxylation is 2. The first-order valence-electron chi connectivity index (χ1n) is 7.59. The molecule has 1 aliphatic heterocycles. The number of fused-ring (bicyclic) bond motifs is 1. The molecule has 1 aromatic carbocycles. The van der Waals surface area contributed by atoms with Crippen LogP contribution in [0.2, 0.25) is 5.15 Å². The van der Waals surface area contributed by atoms with Crippen LogP contribution in [-0.2, 0) is 12.8 Å². The van der Waals surface area contributed by atoms with Crippen molar-refractivity contribution in [3.8, 4) is 0 Å². The number of halogens is 1. The average molecular weight is 302 g/mol. The van der Waals surface area contributed by atoms with Crippen LogP contribution in [0, 0.1) is 6.92 Å². The van der Waals surface area contributed by atoms with E-state index in [9.17, 15) is 0 Å².